The lowest BCUT2D eigenvalue weighted by Crippen LogP contribution is -2.46. The number of aromatic nitrogens is 2. The first kappa shape index (κ1) is 20.4. The van der Waals surface area contributed by atoms with E-state index in [0.29, 0.717) is 6.54 Å². The molecule has 0 unspecified atom stereocenters. The zero-order valence-corrected chi connectivity index (χ0v) is 19.0. The van der Waals surface area contributed by atoms with Gasteiger partial charge in [-0.1, -0.05) is 19.9 Å². The van der Waals surface area contributed by atoms with Gasteiger partial charge in [0.2, 0.25) is 0 Å². The molecule has 31 heavy (non-hydrogen) atoms. The number of carbonyl (C=O) groups is 1. The number of anilines is 1. The molecule has 6 nitrogen and oxygen atoms in total. The van der Waals surface area contributed by atoms with Crippen molar-refractivity contribution in [1.29, 1.82) is 0 Å². The second kappa shape index (κ2) is 7.59. The van der Waals surface area contributed by atoms with Crippen molar-refractivity contribution in [3.8, 4) is 0 Å². The van der Waals surface area contributed by atoms with Gasteiger partial charge in [-0.2, -0.15) is 0 Å². The fourth-order valence-electron chi connectivity index (χ4n) is 5.60. The van der Waals surface area contributed by atoms with E-state index in [0.717, 1.165) is 56.2 Å². The Labute approximate surface area is 185 Å². The van der Waals surface area contributed by atoms with Crippen molar-refractivity contribution >= 4 is 11.7 Å². The number of hydrogen-bond acceptors (Lipinski definition) is 4. The Hall–Kier alpha value is -2.47. The summed E-state index contributed by atoms with van der Waals surface area (Å²) in [4.78, 5) is 29.1. The Balaban J connectivity index is 1.23. The lowest BCUT2D eigenvalue weighted by Gasteiger charge is -2.39. The number of likely N-dealkylation sites (tertiary alicyclic amines) is 2. The maximum absolute atomic E-state index is 13.5. The number of hydrogen-bond donors (Lipinski definition) is 0. The topological polar surface area (TPSA) is 52.6 Å². The van der Waals surface area contributed by atoms with Crippen LogP contribution in [0.4, 0.5) is 10.5 Å². The van der Waals surface area contributed by atoms with Crippen LogP contribution in [0.5, 0.6) is 0 Å². The van der Waals surface area contributed by atoms with Crippen LogP contribution in [0.2, 0.25) is 0 Å². The number of rotatable bonds is 2. The van der Waals surface area contributed by atoms with Crippen molar-refractivity contribution in [2.45, 2.75) is 52.0 Å². The number of piperidine rings is 1. The molecule has 3 aliphatic rings. The predicted octanol–water partition coefficient (Wildman–Crippen LogP) is 3.99. The second-order valence-corrected chi connectivity index (χ2v) is 10.4. The molecular weight excluding hydrogens is 386 g/mol. The van der Waals surface area contributed by atoms with E-state index in [-0.39, 0.29) is 16.9 Å². The largest absolute Gasteiger partial charge is 0.324 e. The van der Waals surface area contributed by atoms with Crippen LogP contribution >= 0.6 is 0 Å². The minimum atomic E-state index is -0.105. The normalized spacial score (nSPS) is 22.2. The molecule has 0 bridgehead atoms. The summed E-state index contributed by atoms with van der Waals surface area (Å²) in [6.07, 6.45) is 7.25. The zero-order valence-electron chi connectivity index (χ0n) is 19.0. The number of carbonyl (C=O) groups excluding carboxylic acids is 1. The summed E-state index contributed by atoms with van der Waals surface area (Å²) in [5, 5.41) is 0. The molecule has 2 aromatic rings. The van der Waals surface area contributed by atoms with E-state index in [1.807, 2.05) is 36.4 Å². The van der Waals surface area contributed by atoms with Crippen LogP contribution in [0, 0.1) is 12.3 Å². The number of nitrogens with zero attached hydrogens (tertiary/aromatic N) is 5. The van der Waals surface area contributed by atoms with Gasteiger partial charge >= 0.3 is 6.03 Å². The lowest BCUT2D eigenvalue weighted by molar-refractivity contribution is 0.105. The molecule has 5 rings (SSSR count). The molecule has 5 heterocycles. The molecular formula is C25H33N5O. The molecule has 2 amide bonds. The highest BCUT2D eigenvalue weighted by molar-refractivity contribution is 5.95. The zero-order chi connectivity index (χ0) is 21.6. The third-order valence-corrected chi connectivity index (χ3v) is 7.48. The highest BCUT2D eigenvalue weighted by Gasteiger charge is 2.46. The summed E-state index contributed by atoms with van der Waals surface area (Å²) in [6.45, 7) is 12.0. The van der Waals surface area contributed by atoms with Crippen molar-refractivity contribution in [3.05, 3.63) is 53.6 Å². The molecule has 3 aliphatic heterocycles. The number of urea groups is 1. The number of aryl methyl sites for hydroxylation is 1. The van der Waals surface area contributed by atoms with Crippen LogP contribution in [-0.2, 0) is 12.0 Å². The van der Waals surface area contributed by atoms with Gasteiger partial charge in [0, 0.05) is 49.7 Å². The number of fused-ring (bicyclic) bond motifs is 1. The SMILES string of the molecule is Cc1ccc2c(n1)C(C)(C)CN2C(=O)N1CCC2(CCN(Cc3cccnc3)CC2)C1. The fourth-order valence-corrected chi connectivity index (χ4v) is 5.60. The molecule has 0 radical (unpaired) electrons. The van der Waals surface area contributed by atoms with Gasteiger partial charge in [-0.05, 0) is 68.5 Å². The smallest absolute Gasteiger partial charge is 0.324 e. The summed E-state index contributed by atoms with van der Waals surface area (Å²) in [7, 11) is 0. The summed E-state index contributed by atoms with van der Waals surface area (Å²) in [6, 6.07) is 8.42. The van der Waals surface area contributed by atoms with E-state index in [9.17, 15) is 4.79 Å². The van der Waals surface area contributed by atoms with Gasteiger partial charge in [0.25, 0.3) is 0 Å². The van der Waals surface area contributed by atoms with Gasteiger partial charge in [0.15, 0.2) is 0 Å². The molecule has 0 saturated carbocycles. The highest BCUT2D eigenvalue weighted by atomic mass is 16.2. The van der Waals surface area contributed by atoms with Gasteiger partial charge in [-0.15, -0.1) is 0 Å². The first-order valence-corrected chi connectivity index (χ1v) is 11.5. The van der Waals surface area contributed by atoms with E-state index in [4.69, 9.17) is 4.98 Å². The number of amides is 2. The molecule has 0 atom stereocenters. The molecule has 2 aromatic heterocycles. The van der Waals surface area contributed by atoms with Crippen LogP contribution < -0.4 is 4.90 Å². The molecule has 2 saturated heterocycles. The monoisotopic (exact) mass is 419 g/mol. The van der Waals surface area contributed by atoms with Gasteiger partial charge in [-0.25, -0.2) is 4.79 Å². The standard InChI is InChI=1S/C25H33N5O/c1-19-6-7-21-22(27-19)24(2,3)17-30(21)23(31)29-14-10-25(18-29)8-12-28(13-9-25)16-20-5-4-11-26-15-20/h4-7,11,15H,8-10,12-14,16-18H2,1-3H3. The van der Waals surface area contributed by atoms with E-state index in [2.05, 4.69) is 40.8 Å². The Morgan fingerprint density at radius 2 is 1.84 bits per heavy atom. The first-order chi connectivity index (χ1) is 14.9. The van der Waals surface area contributed by atoms with Gasteiger partial charge in [0.05, 0.1) is 11.4 Å². The Morgan fingerprint density at radius 3 is 2.58 bits per heavy atom. The molecule has 6 heteroatoms. The molecule has 0 aromatic carbocycles. The quantitative estimate of drug-likeness (QED) is 0.739. The predicted molar refractivity (Wildman–Crippen MR) is 122 cm³/mol. The Morgan fingerprint density at radius 1 is 1.06 bits per heavy atom. The maximum atomic E-state index is 13.5. The Bertz CT molecular complexity index is 965. The molecule has 2 fully saturated rings. The van der Waals surface area contributed by atoms with Gasteiger partial charge in [-0.3, -0.25) is 19.8 Å². The lowest BCUT2D eigenvalue weighted by atomic mass is 9.78. The van der Waals surface area contributed by atoms with Gasteiger partial charge in [0.1, 0.15) is 0 Å². The molecule has 164 valence electrons. The van der Waals surface area contributed by atoms with Crippen molar-refractivity contribution in [2.75, 3.05) is 37.6 Å². The van der Waals surface area contributed by atoms with Crippen molar-refractivity contribution in [2.24, 2.45) is 5.41 Å². The molecule has 0 aliphatic carbocycles. The third kappa shape index (κ3) is 3.82. The third-order valence-electron chi connectivity index (χ3n) is 7.48. The molecule has 0 N–H and O–H groups in total. The highest BCUT2D eigenvalue weighted by Crippen LogP contribution is 2.43. The van der Waals surface area contributed by atoms with Crippen molar-refractivity contribution in [1.82, 2.24) is 19.8 Å². The van der Waals surface area contributed by atoms with Crippen molar-refractivity contribution in [3.63, 3.8) is 0 Å². The van der Waals surface area contributed by atoms with E-state index >= 15 is 0 Å². The second-order valence-electron chi connectivity index (χ2n) is 10.4. The van der Waals surface area contributed by atoms with Crippen LogP contribution in [0.15, 0.2) is 36.7 Å². The maximum Gasteiger partial charge on any atom is 0.324 e. The average Bonchev–Trinajstić information content (AvgIpc) is 3.29. The summed E-state index contributed by atoms with van der Waals surface area (Å²) < 4.78 is 0. The van der Waals surface area contributed by atoms with Crippen LogP contribution in [0.25, 0.3) is 0 Å². The molecule has 1 spiro atoms. The summed E-state index contributed by atoms with van der Waals surface area (Å²) in [5.74, 6) is 0. The van der Waals surface area contributed by atoms with Gasteiger partial charge < -0.3 is 4.90 Å². The van der Waals surface area contributed by atoms with E-state index in [1.54, 1.807) is 0 Å². The van der Waals surface area contributed by atoms with Crippen LogP contribution in [0.1, 0.15) is 50.1 Å². The first-order valence-electron chi connectivity index (χ1n) is 11.5. The van der Waals surface area contributed by atoms with E-state index in [1.165, 1.54) is 18.4 Å². The average molecular weight is 420 g/mol. The van der Waals surface area contributed by atoms with Crippen LogP contribution in [-0.4, -0.2) is 58.5 Å². The van der Waals surface area contributed by atoms with Crippen LogP contribution in [0.3, 0.4) is 0 Å². The minimum absolute atomic E-state index is 0.105. The number of pyridine rings is 2. The summed E-state index contributed by atoms with van der Waals surface area (Å²) >= 11 is 0. The van der Waals surface area contributed by atoms with Crippen molar-refractivity contribution < 1.29 is 4.79 Å². The Kier molecular flexibility index (Phi) is 5.00. The van der Waals surface area contributed by atoms with E-state index < -0.39 is 0 Å². The fraction of sp³-hybridized carbons (Fsp3) is 0.560. The minimum Gasteiger partial charge on any atom is -0.324 e. The summed E-state index contributed by atoms with van der Waals surface area (Å²) in [5.41, 5.74) is 4.52.